The number of likely N-dealkylation sites (tertiary alicyclic amines) is 1. The normalized spacial score (nSPS) is 25.2. The topological polar surface area (TPSA) is 68.2 Å². The Hall–Kier alpha value is -0.940. The second-order valence-electron chi connectivity index (χ2n) is 5.82. The van der Waals surface area contributed by atoms with Crippen LogP contribution in [-0.2, 0) is 13.0 Å². The van der Waals surface area contributed by atoms with E-state index in [1.165, 1.54) is 6.42 Å². The lowest BCUT2D eigenvalue weighted by atomic mass is 10.1. The van der Waals surface area contributed by atoms with Crippen LogP contribution in [0.25, 0.3) is 0 Å². The van der Waals surface area contributed by atoms with Crippen molar-refractivity contribution in [2.75, 3.05) is 13.1 Å². The van der Waals surface area contributed by atoms with Crippen molar-refractivity contribution >= 4 is 0 Å². The van der Waals surface area contributed by atoms with Crippen molar-refractivity contribution in [3.05, 3.63) is 11.7 Å². The molecular weight excluding hydrogens is 228 g/mol. The third kappa shape index (κ3) is 3.29. The van der Waals surface area contributed by atoms with Crippen LogP contribution in [0.5, 0.6) is 0 Å². The molecule has 0 radical (unpaired) electrons. The molecule has 2 rings (SSSR count). The summed E-state index contributed by atoms with van der Waals surface area (Å²) >= 11 is 0. The molecule has 2 heterocycles. The van der Waals surface area contributed by atoms with Crippen molar-refractivity contribution in [1.82, 2.24) is 15.0 Å². The number of hydrogen-bond donors (Lipinski definition) is 1. The Labute approximate surface area is 109 Å². The van der Waals surface area contributed by atoms with Crippen LogP contribution in [0.2, 0.25) is 0 Å². The predicted octanol–water partition coefficient (Wildman–Crippen LogP) is 1.44. The molecule has 1 aliphatic heterocycles. The van der Waals surface area contributed by atoms with Gasteiger partial charge in [-0.3, -0.25) is 4.90 Å². The van der Waals surface area contributed by atoms with Crippen LogP contribution in [0.3, 0.4) is 0 Å². The molecule has 0 aromatic carbocycles. The summed E-state index contributed by atoms with van der Waals surface area (Å²) in [6.45, 7) is 9.14. The maximum atomic E-state index is 5.73. The fraction of sp³-hybridized carbons (Fsp3) is 0.846. The van der Waals surface area contributed by atoms with E-state index < -0.39 is 0 Å². The fourth-order valence-corrected chi connectivity index (χ4v) is 2.58. The summed E-state index contributed by atoms with van der Waals surface area (Å²) in [6.07, 6.45) is 2.03. The molecular formula is C13H24N4O. The second-order valence-corrected chi connectivity index (χ2v) is 5.82. The lowest BCUT2D eigenvalue weighted by Gasteiger charge is -2.18. The molecule has 0 bridgehead atoms. The average molecular weight is 252 g/mol. The standard InChI is InChI=1S/C13H24N4O/c1-9(2)4-13-15-12(16-18-13)8-17-7-11(6-14)5-10(17)3/h9-11H,4-8,14H2,1-3H3. The molecule has 102 valence electrons. The summed E-state index contributed by atoms with van der Waals surface area (Å²) in [7, 11) is 0. The van der Waals surface area contributed by atoms with Crippen LogP contribution in [0.15, 0.2) is 4.52 Å². The molecule has 1 saturated heterocycles. The van der Waals surface area contributed by atoms with Gasteiger partial charge < -0.3 is 10.3 Å². The zero-order chi connectivity index (χ0) is 13.1. The highest BCUT2D eigenvalue weighted by molar-refractivity contribution is 4.91. The van der Waals surface area contributed by atoms with Gasteiger partial charge in [-0.25, -0.2) is 0 Å². The van der Waals surface area contributed by atoms with E-state index in [-0.39, 0.29) is 0 Å². The molecule has 1 aromatic rings. The third-order valence-electron chi connectivity index (χ3n) is 3.56. The van der Waals surface area contributed by atoms with Crippen molar-refractivity contribution in [2.45, 2.75) is 46.2 Å². The Bertz CT molecular complexity index is 377. The zero-order valence-corrected chi connectivity index (χ0v) is 11.6. The summed E-state index contributed by atoms with van der Waals surface area (Å²) < 4.78 is 5.26. The van der Waals surface area contributed by atoms with Crippen molar-refractivity contribution < 1.29 is 4.52 Å². The van der Waals surface area contributed by atoms with Crippen molar-refractivity contribution in [2.24, 2.45) is 17.6 Å². The monoisotopic (exact) mass is 252 g/mol. The quantitative estimate of drug-likeness (QED) is 0.858. The molecule has 5 nitrogen and oxygen atoms in total. The minimum atomic E-state index is 0.547. The highest BCUT2D eigenvalue weighted by Gasteiger charge is 2.28. The molecule has 0 saturated carbocycles. The van der Waals surface area contributed by atoms with Gasteiger partial charge >= 0.3 is 0 Å². The van der Waals surface area contributed by atoms with E-state index in [0.29, 0.717) is 17.9 Å². The van der Waals surface area contributed by atoms with Crippen LogP contribution in [0.4, 0.5) is 0 Å². The summed E-state index contributed by atoms with van der Waals surface area (Å²) in [4.78, 5) is 6.84. The number of hydrogen-bond acceptors (Lipinski definition) is 5. The summed E-state index contributed by atoms with van der Waals surface area (Å²) in [5.41, 5.74) is 5.73. The Kier molecular flexibility index (Phi) is 4.35. The molecule has 1 aromatic heterocycles. The van der Waals surface area contributed by atoms with Gasteiger partial charge in [0.1, 0.15) is 0 Å². The summed E-state index contributed by atoms with van der Waals surface area (Å²) in [6, 6.07) is 0.561. The van der Waals surface area contributed by atoms with Crippen LogP contribution in [0.1, 0.15) is 38.9 Å². The van der Waals surface area contributed by atoms with E-state index in [2.05, 4.69) is 35.8 Å². The van der Waals surface area contributed by atoms with Gasteiger partial charge in [-0.1, -0.05) is 19.0 Å². The molecule has 2 atom stereocenters. The van der Waals surface area contributed by atoms with E-state index in [4.69, 9.17) is 10.3 Å². The van der Waals surface area contributed by atoms with E-state index in [1.807, 2.05) is 0 Å². The molecule has 2 N–H and O–H groups in total. The summed E-state index contributed by atoms with van der Waals surface area (Å²) in [5, 5.41) is 4.06. The number of nitrogens with zero attached hydrogens (tertiary/aromatic N) is 3. The molecule has 0 aliphatic carbocycles. The Morgan fingerprint density at radius 3 is 2.89 bits per heavy atom. The van der Waals surface area contributed by atoms with Gasteiger partial charge in [0.2, 0.25) is 5.89 Å². The minimum Gasteiger partial charge on any atom is -0.339 e. The van der Waals surface area contributed by atoms with Crippen LogP contribution >= 0.6 is 0 Å². The first-order valence-corrected chi connectivity index (χ1v) is 6.84. The van der Waals surface area contributed by atoms with E-state index in [9.17, 15) is 0 Å². The number of aromatic nitrogens is 2. The summed E-state index contributed by atoms with van der Waals surface area (Å²) in [5.74, 6) is 2.71. The molecule has 5 heteroatoms. The second kappa shape index (κ2) is 5.80. The maximum Gasteiger partial charge on any atom is 0.226 e. The van der Waals surface area contributed by atoms with Crippen LogP contribution in [0, 0.1) is 11.8 Å². The van der Waals surface area contributed by atoms with Crippen LogP contribution < -0.4 is 5.73 Å². The van der Waals surface area contributed by atoms with E-state index in [1.54, 1.807) is 0 Å². The lowest BCUT2D eigenvalue weighted by Crippen LogP contribution is -2.27. The molecule has 0 amide bonds. The Morgan fingerprint density at radius 1 is 1.50 bits per heavy atom. The minimum absolute atomic E-state index is 0.547. The largest absolute Gasteiger partial charge is 0.339 e. The van der Waals surface area contributed by atoms with Crippen molar-refractivity contribution in [3.63, 3.8) is 0 Å². The molecule has 18 heavy (non-hydrogen) atoms. The van der Waals surface area contributed by atoms with Crippen molar-refractivity contribution in [3.8, 4) is 0 Å². The highest BCUT2D eigenvalue weighted by atomic mass is 16.5. The Morgan fingerprint density at radius 2 is 2.28 bits per heavy atom. The molecule has 1 aliphatic rings. The Balaban J connectivity index is 1.91. The van der Waals surface area contributed by atoms with Gasteiger partial charge in [0, 0.05) is 19.0 Å². The van der Waals surface area contributed by atoms with E-state index in [0.717, 1.165) is 37.8 Å². The van der Waals surface area contributed by atoms with Gasteiger partial charge in [0.25, 0.3) is 0 Å². The van der Waals surface area contributed by atoms with Crippen molar-refractivity contribution in [1.29, 1.82) is 0 Å². The number of rotatable bonds is 5. The van der Waals surface area contributed by atoms with Gasteiger partial charge in [0.05, 0.1) is 6.54 Å². The third-order valence-corrected chi connectivity index (χ3v) is 3.56. The SMILES string of the molecule is CC(C)Cc1nc(CN2CC(CN)CC2C)no1. The molecule has 2 unspecified atom stereocenters. The molecule has 1 fully saturated rings. The van der Waals surface area contributed by atoms with E-state index >= 15 is 0 Å². The first kappa shape index (κ1) is 13.5. The highest BCUT2D eigenvalue weighted by Crippen LogP contribution is 2.23. The first-order chi connectivity index (χ1) is 8.58. The smallest absolute Gasteiger partial charge is 0.226 e. The van der Waals surface area contributed by atoms with Crippen LogP contribution in [-0.4, -0.2) is 34.2 Å². The lowest BCUT2D eigenvalue weighted by molar-refractivity contribution is 0.244. The number of nitrogens with two attached hydrogens (primary N) is 1. The molecule has 0 spiro atoms. The maximum absolute atomic E-state index is 5.73. The van der Waals surface area contributed by atoms with Gasteiger partial charge in [-0.05, 0) is 31.7 Å². The van der Waals surface area contributed by atoms with Gasteiger partial charge in [-0.15, -0.1) is 0 Å². The predicted molar refractivity (Wildman–Crippen MR) is 69.9 cm³/mol. The van der Waals surface area contributed by atoms with Gasteiger partial charge in [0.15, 0.2) is 5.82 Å². The first-order valence-electron chi connectivity index (χ1n) is 6.84. The zero-order valence-electron chi connectivity index (χ0n) is 11.6. The average Bonchev–Trinajstić information content (AvgIpc) is 2.86. The fourth-order valence-electron chi connectivity index (χ4n) is 2.58. The van der Waals surface area contributed by atoms with Gasteiger partial charge in [-0.2, -0.15) is 4.98 Å².